The molecule has 3 heteroatoms. The van der Waals surface area contributed by atoms with Crippen molar-refractivity contribution in [1.29, 1.82) is 0 Å². The molecule has 0 saturated heterocycles. The minimum absolute atomic E-state index is 0.858. The molecular formula is C16H11O2Si. The van der Waals surface area contributed by atoms with Gasteiger partial charge < -0.3 is 8.85 Å². The van der Waals surface area contributed by atoms with Gasteiger partial charge in [-0.3, -0.25) is 0 Å². The summed E-state index contributed by atoms with van der Waals surface area (Å²) in [5, 5.41) is 3.50. The van der Waals surface area contributed by atoms with Crippen LogP contribution in [0.5, 0.6) is 11.5 Å². The molecule has 0 fully saturated rings. The van der Waals surface area contributed by atoms with Crippen LogP contribution in [0, 0.1) is 0 Å². The van der Waals surface area contributed by atoms with Gasteiger partial charge in [0.05, 0.1) is 0 Å². The smallest absolute Gasteiger partial charge is 0.503 e. The molecule has 0 aliphatic carbocycles. The summed E-state index contributed by atoms with van der Waals surface area (Å²) in [7, 11) is -1.42. The van der Waals surface area contributed by atoms with Gasteiger partial charge in [-0.15, -0.1) is 0 Å². The van der Waals surface area contributed by atoms with Crippen molar-refractivity contribution in [2.24, 2.45) is 0 Å². The predicted molar refractivity (Wildman–Crippen MR) is 77.0 cm³/mol. The molecular weight excluding hydrogens is 252 g/mol. The first-order valence-corrected chi connectivity index (χ1v) is 7.53. The van der Waals surface area contributed by atoms with Crippen LogP contribution in [0.1, 0.15) is 0 Å². The molecule has 3 aromatic carbocycles. The quantitative estimate of drug-likeness (QED) is 0.628. The molecule has 2 nitrogen and oxygen atoms in total. The normalized spacial score (nSPS) is 13.9. The highest BCUT2D eigenvalue weighted by Gasteiger charge is 2.32. The third kappa shape index (κ3) is 1.79. The molecule has 0 spiro atoms. The van der Waals surface area contributed by atoms with Gasteiger partial charge in [0.1, 0.15) is 11.5 Å². The van der Waals surface area contributed by atoms with Gasteiger partial charge in [0.25, 0.3) is 0 Å². The molecule has 1 aliphatic rings. The van der Waals surface area contributed by atoms with Crippen molar-refractivity contribution in [3.05, 3.63) is 66.7 Å². The van der Waals surface area contributed by atoms with E-state index in [9.17, 15) is 0 Å². The lowest BCUT2D eigenvalue weighted by Gasteiger charge is -2.03. The monoisotopic (exact) mass is 263 g/mol. The summed E-state index contributed by atoms with van der Waals surface area (Å²) in [6.07, 6.45) is 0. The molecule has 1 aliphatic heterocycles. The van der Waals surface area contributed by atoms with Gasteiger partial charge in [-0.1, -0.05) is 54.6 Å². The Morgan fingerprint density at radius 1 is 0.632 bits per heavy atom. The average molecular weight is 263 g/mol. The SMILES string of the molecule is c1ccc([Si]2Oc3cc4ccccc4cc3O2)cc1. The number of benzene rings is 3. The maximum atomic E-state index is 5.98. The predicted octanol–water partition coefficient (Wildman–Crippen LogP) is 3.01. The van der Waals surface area contributed by atoms with Crippen LogP contribution in [0.15, 0.2) is 66.7 Å². The van der Waals surface area contributed by atoms with Gasteiger partial charge in [-0.25, -0.2) is 0 Å². The largest absolute Gasteiger partial charge is 0.572 e. The summed E-state index contributed by atoms with van der Waals surface area (Å²) in [6, 6.07) is 22.5. The second-order valence-corrected chi connectivity index (χ2v) is 6.06. The van der Waals surface area contributed by atoms with Crippen molar-refractivity contribution < 1.29 is 8.85 Å². The van der Waals surface area contributed by atoms with Crippen LogP contribution in [-0.4, -0.2) is 9.28 Å². The van der Waals surface area contributed by atoms with Crippen molar-refractivity contribution >= 4 is 25.2 Å². The van der Waals surface area contributed by atoms with Gasteiger partial charge in [0.2, 0.25) is 0 Å². The van der Waals surface area contributed by atoms with E-state index in [-0.39, 0.29) is 0 Å². The molecule has 0 atom stereocenters. The molecule has 91 valence electrons. The number of hydrogen-bond acceptors (Lipinski definition) is 2. The van der Waals surface area contributed by atoms with Crippen molar-refractivity contribution in [2.45, 2.75) is 0 Å². The fraction of sp³-hybridized carbons (Fsp3) is 0. The Labute approximate surface area is 113 Å². The topological polar surface area (TPSA) is 18.5 Å². The van der Waals surface area contributed by atoms with E-state index in [1.54, 1.807) is 0 Å². The Bertz CT molecular complexity index is 696. The van der Waals surface area contributed by atoms with Crippen molar-refractivity contribution in [3.63, 3.8) is 0 Å². The second-order valence-electron chi connectivity index (χ2n) is 4.50. The Kier molecular flexibility index (Phi) is 2.32. The van der Waals surface area contributed by atoms with E-state index in [1.807, 2.05) is 30.3 Å². The lowest BCUT2D eigenvalue weighted by Crippen LogP contribution is -2.38. The van der Waals surface area contributed by atoms with Crippen LogP contribution in [0.4, 0.5) is 0 Å². The van der Waals surface area contributed by atoms with Crippen LogP contribution >= 0.6 is 0 Å². The molecule has 0 aromatic heterocycles. The van der Waals surface area contributed by atoms with Gasteiger partial charge in [-0.2, -0.15) is 0 Å². The Hall–Kier alpha value is -2.26. The van der Waals surface area contributed by atoms with E-state index in [1.165, 1.54) is 10.8 Å². The van der Waals surface area contributed by atoms with Crippen LogP contribution in [0.2, 0.25) is 0 Å². The summed E-state index contributed by atoms with van der Waals surface area (Å²) in [5.74, 6) is 1.72. The number of hydrogen-bond donors (Lipinski definition) is 0. The highest BCUT2D eigenvalue weighted by Crippen LogP contribution is 2.37. The van der Waals surface area contributed by atoms with Gasteiger partial charge in [0, 0.05) is 5.19 Å². The van der Waals surface area contributed by atoms with E-state index in [4.69, 9.17) is 8.85 Å². The fourth-order valence-corrected chi connectivity index (χ4v) is 3.73. The minimum atomic E-state index is -1.42. The van der Waals surface area contributed by atoms with Crippen LogP contribution < -0.4 is 14.0 Å². The third-order valence-corrected chi connectivity index (χ3v) is 4.84. The van der Waals surface area contributed by atoms with Crippen LogP contribution in [0.25, 0.3) is 10.8 Å². The molecule has 0 amide bonds. The van der Waals surface area contributed by atoms with E-state index >= 15 is 0 Å². The zero-order valence-corrected chi connectivity index (χ0v) is 11.2. The average Bonchev–Trinajstić information content (AvgIpc) is 2.88. The molecule has 4 rings (SSSR count). The lowest BCUT2D eigenvalue weighted by molar-refractivity contribution is 0.519. The first-order valence-electron chi connectivity index (χ1n) is 6.21. The molecule has 0 bridgehead atoms. The molecule has 0 N–H and O–H groups in total. The number of fused-ring (bicyclic) bond motifs is 2. The standard InChI is InChI=1S/C16H11O2Si/c1-2-8-14(9-3-1)19-17-15-10-12-6-4-5-7-13(12)11-16(15)18-19/h1-11H. The fourth-order valence-electron chi connectivity index (χ4n) is 2.27. The number of rotatable bonds is 1. The maximum absolute atomic E-state index is 5.98. The molecule has 3 aromatic rings. The molecule has 1 radical (unpaired) electrons. The first kappa shape index (κ1) is 10.6. The molecule has 1 heterocycles. The second kappa shape index (κ2) is 4.14. The Balaban J connectivity index is 1.76. The van der Waals surface area contributed by atoms with Crippen LogP contribution in [0.3, 0.4) is 0 Å². The third-order valence-electron chi connectivity index (χ3n) is 3.23. The van der Waals surface area contributed by atoms with Gasteiger partial charge in [-0.05, 0) is 22.9 Å². The summed E-state index contributed by atoms with van der Waals surface area (Å²) in [5.41, 5.74) is 0. The highest BCUT2D eigenvalue weighted by molar-refractivity contribution is 6.63. The van der Waals surface area contributed by atoms with Gasteiger partial charge >= 0.3 is 9.28 Å². The summed E-state index contributed by atoms with van der Waals surface area (Å²) in [6.45, 7) is 0. The van der Waals surface area contributed by atoms with E-state index < -0.39 is 9.28 Å². The summed E-state index contributed by atoms with van der Waals surface area (Å²) in [4.78, 5) is 0. The van der Waals surface area contributed by atoms with Crippen molar-refractivity contribution in [3.8, 4) is 11.5 Å². The Morgan fingerprint density at radius 3 is 1.74 bits per heavy atom. The summed E-state index contributed by atoms with van der Waals surface area (Å²) < 4.78 is 12.0. The van der Waals surface area contributed by atoms with E-state index in [0.29, 0.717) is 0 Å². The first-order chi connectivity index (χ1) is 9.40. The zero-order chi connectivity index (χ0) is 12.7. The summed E-state index contributed by atoms with van der Waals surface area (Å²) >= 11 is 0. The van der Waals surface area contributed by atoms with E-state index in [2.05, 4.69) is 36.4 Å². The molecule has 0 unspecified atom stereocenters. The van der Waals surface area contributed by atoms with Crippen molar-refractivity contribution in [1.82, 2.24) is 0 Å². The highest BCUT2D eigenvalue weighted by atomic mass is 28.3. The van der Waals surface area contributed by atoms with Crippen molar-refractivity contribution in [2.75, 3.05) is 0 Å². The molecule has 19 heavy (non-hydrogen) atoms. The maximum Gasteiger partial charge on any atom is 0.572 e. The lowest BCUT2D eigenvalue weighted by atomic mass is 10.1. The minimum Gasteiger partial charge on any atom is -0.503 e. The van der Waals surface area contributed by atoms with Gasteiger partial charge in [0.15, 0.2) is 0 Å². The van der Waals surface area contributed by atoms with E-state index in [0.717, 1.165) is 16.7 Å². The molecule has 0 saturated carbocycles. The van der Waals surface area contributed by atoms with Crippen LogP contribution in [-0.2, 0) is 0 Å². The Morgan fingerprint density at radius 2 is 1.16 bits per heavy atom. The zero-order valence-electron chi connectivity index (χ0n) is 10.2.